The second kappa shape index (κ2) is 4.05. The highest BCUT2D eigenvalue weighted by Crippen LogP contribution is 2.25. The van der Waals surface area contributed by atoms with Crippen LogP contribution in [0.5, 0.6) is 5.88 Å². The maximum Gasteiger partial charge on any atom is 0.341 e. The van der Waals surface area contributed by atoms with Gasteiger partial charge in [-0.25, -0.2) is 9.78 Å². The fraction of sp³-hybridized carbons (Fsp3) is 0.231. The number of carboxylic acid groups (broad SMARTS) is 1. The molecule has 0 spiro atoms. The number of hydrogen-bond acceptors (Lipinski definition) is 3. The van der Waals surface area contributed by atoms with E-state index >= 15 is 0 Å². The minimum absolute atomic E-state index is 0.0880. The van der Waals surface area contributed by atoms with Gasteiger partial charge in [0.1, 0.15) is 5.56 Å². The summed E-state index contributed by atoms with van der Waals surface area (Å²) in [6, 6.07) is 5.53. The molecule has 0 radical (unpaired) electrons. The van der Waals surface area contributed by atoms with Gasteiger partial charge in [0.15, 0.2) is 0 Å². The summed E-state index contributed by atoms with van der Waals surface area (Å²) in [4.78, 5) is 15.3. The molecular formula is C13H13NO3. The first-order valence-corrected chi connectivity index (χ1v) is 5.22. The lowest BCUT2D eigenvalue weighted by Gasteiger charge is -2.08. The number of nitrogens with zero attached hydrogens (tertiary/aromatic N) is 1. The number of rotatable bonds is 2. The Bertz CT molecular complexity index is 605. The number of pyridine rings is 1. The molecule has 0 atom stereocenters. The Morgan fingerprint density at radius 1 is 1.29 bits per heavy atom. The molecule has 0 saturated carbocycles. The molecule has 4 heteroatoms. The molecule has 0 aliphatic heterocycles. The molecule has 0 unspecified atom stereocenters. The van der Waals surface area contributed by atoms with Gasteiger partial charge in [-0.05, 0) is 31.5 Å². The Morgan fingerprint density at radius 2 is 2.00 bits per heavy atom. The molecule has 1 aromatic heterocycles. The summed E-state index contributed by atoms with van der Waals surface area (Å²) in [6.07, 6.45) is 0. The monoisotopic (exact) mass is 231 g/mol. The summed E-state index contributed by atoms with van der Waals surface area (Å²) in [5.41, 5.74) is 2.95. The molecule has 0 bridgehead atoms. The highest BCUT2D eigenvalue weighted by molar-refractivity contribution is 5.96. The van der Waals surface area contributed by atoms with Gasteiger partial charge in [0, 0.05) is 5.39 Å². The van der Waals surface area contributed by atoms with E-state index in [1.165, 1.54) is 7.11 Å². The van der Waals surface area contributed by atoms with E-state index in [0.29, 0.717) is 0 Å². The van der Waals surface area contributed by atoms with Crippen LogP contribution >= 0.6 is 0 Å². The molecule has 1 heterocycles. The number of fused-ring (bicyclic) bond motifs is 1. The maximum atomic E-state index is 11.1. The Morgan fingerprint density at radius 3 is 2.59 bits per heavy atom. The highest BCUT2D eigenvalue weighted by atomic mass is 16.5. The van der Waals surface area contributed by atoms with Crippen molar-refractivity contribution in [1.82, 2.24) is 4.98 Å². The fourth-order valence-electron chi connectivity index (χ4n) is 1.94. The SMILES string of the molecule is COc1nc2c(C)cc(C)cc2cc1C(=O)O. The lowest BCUT2D eigenvalue weighted by molar-refractivity contribution is 0.0692. The summed E-state index contributed by atoms with van der Waals surface area (Å²) >= 11 is 0. The van der Waals surface area contributed by atoms with Gasteiger partial charge in [-0.15, -0.1) is 0 Å². The van der Waals surface area contributed by atoms with Gasteiger partial charge in [0.05, 0.1) is 12.6 Å². The van der Waals surface area contributed by atoms with E-state index in [-0.39, 0.29) is 11.4 Å². The van der Waals surface area contributed by atoms with Crippen molar-refractivity contribution in [2.45, 2.75) is 13.8 Å². The third-order valence-electron chi connectivity index (χ3n) is 2.64. The predicted molar refractivity (Wildman–Crippen MR) is 64.7 cm³/mol. The van der Waals surface area contributed by atoms with Crippen molar-refractivity contribution >= 4 is 16.9 Å². The summed E-state index contributed by atoms with van der Waals surface area (Å²) in [5.74, 6) is -0.882. The van der Waals surface area contributed by atoms with Crippen molar-refractivity contribution in [3.63, 3.8) is 0 Å². The van der Waals surface area contributed by atoms with Gasteiger partial charge in [-0.1, -0.05) is 11.6 Å². The predicted octanol–water partition coefficient (Wildman–Crippen LogP) is 2.56. The number of hydrogen-bond donors (Lipinski definition) is 1. The summed E-state index contributed by atoms with van der Waals surface area (Å²) < 4.78 is 5.01. The Hall–Kier alpha value is -2.10. The van der Waals surface area contributed by atoms with Gasteiger partial charge in [-0.2, -0.15) is 0 Å². The summed E-state index contributed by atoms with van der Waals surface area (Å²) in [5, 5.41) is 9.89. The summed E-state index contributed by atoms with van der Waals surface area (Å²) in [7, 11) is 1.42. The number of ether oxygens (including phenoxy) is 1. The standard InChI is InChI=1S/C13H13NO3/c1-7-4-8(2)11-9(5-7)6-10(13(15)16)12(14-11)17-3/h4-6H,1-3H3,(H,15,16). The lowest BCUT2D eigenvalue weighted by Crippen LogP contribution is -2.03. The minimum atomic E-state index is -1.03. The number of benzene rings is 1. The van der Waals surface area contributed by atoms with Crippen molar-refractivity contribution in [2.75, 3.05) is 7.11 Å². The van der Waals surface area contributed by atoms with E-state index in [4.69, 9.17) is 9.84 Å². The van der Waals surface area contributed by atoms with Gasteiger partial charge in [0.25, 0.3) is 0 Å². The molecule has 2 aromatic rings. The van der Waals surface area contributed by atoms with E-state index in [1.807, 2.05) is 26.0 Å². The molecule has 17 heavy (non-hydrogen) atoms. The van der Waals surface area contributed by atoms with Crippen molar-refractivity contribution in [3.8, 4) is 5.88 Å². The van der Waals surface area contributed by atoms with Crippen LogP contribution in [0.1, 0.15) is 21.5 Å². The molecule has 2 rings (SSSR count). The summed E-state index contributed by atoms with van der Waals surface area (Å²) in [6.45, 7) is 3.92. The van der Waals surface area contributed by atoms with Crippen molar-refractivity contribution in [3.05, 3.63) is 34.9 Å². The largest absolute Gasteiger partial charge is 0.480 e. The van der Waals surface area contributed by atoms with Gasteiger partial charge in [-0.3, -0.25) is 0 Å². The highest BCUT2D eigenvalue weighted by Gasteiger charge is 2.14. The zero-order valence-corrected chi connectivity index (χ0v) is 9.94. The molecule has 0 amide bonds. The fourth-order valence-corrected chi connectivity index (χ4v) is 1.94. The third kappa shape index (κ3) is 1.93. The molecule has 0 fully saturated rings. The molecule has 0 aliphatic carbocycles. The maximum absolute atomic E-state index is 11.1. The lowest BCUT2D eigenvalue weighted by atomic mass is 10.1. The Balaban J connectivity index is 2.83. The molecule has 1 N–H and O–H groups in total. The average molecular weight is 231 g/mol. The first-order valence-electron chi connectivity index (χ1n) is 5.22. The van der Waals surface area contributed by atoms with Crippen LogP contribution in [0.2, 0.25) is 0 Å². The van der Waals surface area contributed by atoms with Crippen LogP contribution < -0.4 is 4.74 Å². The molecular weight excluding hydrogens is 218 g/mol. The first-order chi connectivity index (χ1) is 8.02. The van der Waals surface area contributed by atoms with Gasteiger partial charge < -0.3 is 9.84 Å². The van der Waals surface area contributed by atoms with E-state index in [9.17, 15) is 4.79 Å². The Kier molecular flexibility index (Phi) is 2.71. The number of aryl methyl sites for hydroxylation is 2. The quantitative estimate of drug-likeness (QED) is 0.862. The number of aromatic carboxylic acids is 1. The average Bonchev–Trinajstić information content (AvgIpc) is 2.27. The number of aromatic nitrogens is 1. The van der Waals surface area contributed by atoms with Gasteiger partial charge >= 0.3 is 5.97 Å². The zero-order chi connectivity index (χ0) is 12.6. The van der Waals surface area contributed by atoms with Crippen LogP contribution in [0.15, 0.2) is 18.2 Å². The molecule has 0 saturated heterocycles. The van der Waals surface area contributed by atoms with Crippen molar-refractivity contribution in [1.29, 1.82) is 0 Å². The third-order valence-corrected chi connectivity index (χ3v) is 2.64. The van der Waals surface area contributed by atoms with Crippen LogP contribution in [0, 0.1) is 13.8 Å². The van der Waals surface area contributed by atoms with E-state index < -0.39 is 5.97 Å². The Labute approximate surface area is 98.9 Å². The van der Waals surface area contributed by atoms with Crippen LogP contribution in [0.3, 0.4) is 0 Å². The first kappa shape index (κ1) is 11.4. The topological polar surface area (TPSA) is 59.4 Å². The van der Waals surface area contributed by atoms with E-state index in [2.05, 4.69) is 4.98 Å². The van der Waals surface area contributed by atoms with Crippen LogP contribution in [-0.2, 0) is 0 Å². The van der Waals surface area contributed by atoms with E-state index in [0.717, 1.165) is 22.0 Å². The zero-order valence-electron chi connectivity index (χ0n) is 9.94. The van der Waals surface area contributed by atoms with Crippen LogP contribution in [0.4, 0.5) is 0 Å². The smallest absolute Gasteiger partial charge is 0.341 e. The normalized spacial score (nSPS) is 10.5. The molecule has 88 valence electrons. The molecule has 4 nitrogen and oxygen atoms in total. The number of carboxylic acids is 1. The molecule has 0 aliphatic rings. The molecule has 1 aromatic carbocycles. The second-order valence-corrected chi connectivity index (χ2v) is 4.00. The van der Waals surface area contributed by atoms with Crippen molar-refractivity contribution < 1.29 is 14.6 Å². The number of carbonyl (C=O) groups is 1. The van der Waals surface area contributed by atoms with Gasteiger partial charge in [0.2, 0.25) is 5.88 Å². The number of methoxy groups -OCH3 is 1. The minimum Gasteiger partial charge on any atom is -0.480 e. The van der Waals surface area contributed by atoms with E-state index in [1.54, 1.807) is 6.07 Å². The second-order valence-electron chi connectivity index (χ2n) is 4.00. The van der Waals surface area contributed by atoms with Crippen LogP contribution in [-0.4, -0.2) is 23.2 Å². The van der Waals surface area contributed by atoms with Crippen molar-refractivity contribution in [2.24, 2.45) is 0 Å². The van der Waals surface area contributed by atoms with Crippen LogP contribution in [0.25, 0.3) is 10.9 Å².